The molecule has 4 nitrogen and oxygen atoms in total. The summed E-state index contributed by atoms with van der Waals surface area (Å²) >= 11 is 6.02. The van der Waals surface area contributed by atoms with Crippen molar-refractivity contribution in [2.45, 2.75) is 6.54 Å². The monoisotopic (exact) mass is 275 g/mol. The van der Waals surface area contributed by atoms with Gasteiger partial charge in [0.05, 0.1) is 0 Å². The van der Waals surface area contributed by atoms with Crippen LogP contribution in [0.15, 0.2) is 42.6 Å². The minimum absolute atomic E-state index is 0.225. The summed E-state index contributed by atoms with van der Waals surface area (Å²) in [4.78, 5) is 16.0. The second-order valence-corrected chi connectivity index (χ2v) is 4.36. The Morgan fingerprint density at radius 3 is 2.84 bits per heavy atom. The zero-order valence-electron chi connectivity index (χ0n) is 10.5. The molecule has 2 rings (SSSR count). The largest absolute Gasteiger partial charge is 0.388 e. The summed E-state index contributed by atoms with van der Waals surface area (Å²) in [5, 5.41) is 6.40. The summed E-state index contributed by atoms with van der Waals surface area (Å²) in [6, 6.07) is 10.9. The van der Waals surface area contributed by atoms with Crippen LogP contribution in [0.3, 0.4) is 0 Å². The van der Waals surface area contributed by atoms with Gasteiger partial charge in [0.1, 0.15) is 5.69 Å². The van der Waals surface area contributed by atoms with Crippen molar-refractivity contribution in [3.05, 3.63) is 58.9 Å². The van der Waals surface area contributed by atoms with Crippen LogP contribution in [0.1, 0.15) is 16.1 Å². The first-order valence-electron chi connectivity index (χ1n) is 5.86. The number of pyridine rings is 1. The third-order valence-electron chi connectivity index (χ3n) is 2.68. The normalized spacial score (nSPS) is 10.0. The number of aromatic nitrogens is 1. The Bertz CT molecular complexity index is 586. The van der Waals surface area contributed by atoms with E-state index in [9.17, 15) is 4.79 Å². The molecule has 0 bridgehead atoms. The molecule has 0 aliphatic rings. The molecule has 0 aliphatic heterocycles. The van der Waals surface area contributed by atoms with Crippen molar-refractivity contribution in [2.24, 2.45) is 0 Å². The first-order chi connectivity index (χ1) is 9.20. The molecule has 1 amide bonds. The summed E-state index contributed by atoms with van der Waals surface area (Å²) in [6.45, 7) is 0.379. The standard InChI is InChI=1S/C14H14ClN3O/c1-16-11-6-7-17-13(8-11)14(19)18-9-10-4-2-3-5-12(10)15/h2-8H,9H2,1H3,(H,16,17)(H,18,19). The number of carbonyl (C=O) groups is 1. The molecule has 0 fully saturated rings. The molecule has 0 atom stereocenters. The van der Waals surface area contributed by atoms with Gasteiger partial charge >= 0.3 is 0 Å². The Balaban J connectivity index is 2.03. The molecule has 2 aromatic rings. The van der Waals surface area contributed by atoms with Crippen LogP contribution in [0, 0.1) is 0 Å². The lowest BCUT2D eigenvalue weighted by Crippen LogP contribution is -2.24. The van der Waals surface area contributed by atoms with Gasteiger partial charge in [-0.3, -0.25) is 9.78 Å². The number of amides is 1. The molecule has 0 saturated heterocycles. The minimum atomic E-state index is -0.225. The molecule has 2 N–H and O–H groups in total. The fourth-order valence-electron chi connectivity index (χ4n) is 1.62. The third-order valence-corrected chi connectivity index (χ3v) is 3.05. The smallest absolute Gasteiger partial charge is 0.270 e. The molecule has 0 radical (unpaired) electrons. The summed E-state index contributed by atoms with van der Waals surface area (Å²) in [6.07, 6.45) is 1.59. The van der Waals surface area contributed by atoms with Crippen LogP contribution in [0.2, 0.25) is 5.02 Å². The van der Waals surface area contributed by atoms with Gasteiger partial charge in [0, 0.05) is 30.5 Å². The SMILES string of the molecule is CNc1ccnc(C(=O)NCc2ccccc2Cl)c1. The Morgan fingerprint density at radius 1 is 1.32 bits per heavy atom. The predicted molar refractivity (Wildman–Crippen MR) is 76.4 cm³/mol. The van der Waals surface area contributed by atoms with Crippen molar-refractivity contribution in [2.75, 3.05) is 12.4 Å². The lowest BCUT2D eigenvalue weighted by molar-refractivity contribution is 0.0946. The molecule has 0 unspecified atom stereocenters. The van der Waals surface area contributed by atoms with E-state index in [0.717, 1.165) is 11.3 Å². The molecule has 98 valence electrons. The van der Waals surface area contributed by atoms with Gasteiger partial charge in [0.15, 0.2) is 0 Å². The van der Waals surface area contributed by atoms with E-state index < -0.39 is 0 Å². The zero-order valence-corrected chi connectivity index (χ0v) is 11.2. The Labute approximate surface area is 116 Å². The lowest BCUT2D eigenvalue weighted by atomic mass is 10.2. The summed E-state index contributed by atoms with van der Waals surface area (Å²) in [7, 11) is 1.79. The van der Waals surface area contributed by atoms with Gasteiger partial charge in [-0.1, -0.05) is 29.8 Å². The fraction of sp³-hybridized carbons (Fsp3) is 0.143. The average Bonchev–Trinajstić information content (AvgIpc) is 2.46. The number of hydrogen-bond donors (Lipinski definition) is 2. The van der Waals surface area contributed by atoms with E-state index in [4.69, 9.17) is 11.6 Å². The highest BCUT2D eigenvalue weighted by molar-refractivity contribution is 6.31. The van der Waals surface area contributed by atoms with Gasteiger partial charge < -0.3 is 10.6 Å². The van der Waals surface area contributed by atoms with E-state index >= 15 is 0 Å². The molecule has 1 aromatic heterocycles. The molecule has 0 aliphatic carbocycles. The van der Waals surface area contributed by atoms with Gasteiger partial charge in [-0.05, 0) is 23.8 Å². The van der Waals surface area contributed by atoms with Crippen molar-refractivity contribution < 1.29 is 4.79 Å². The Hall–Kier alpha value is -2.07. The van der Waals surface area contributed by atoms with E-state index in [1.54, 1.807) is 31.4 Å². The fourth-order valence-corrected chi connectivity index (χ4v) is 1.82. The van der Waals surface area contributed by atoms with Crippen LogP contribution in [-0.4, -0.2) is 17.9 Å². The number of nitrogens with one attached hydrogen (secondary N) is 2. The molecule has 19 heavy (non-hydrogen) atoms. The minimum Gasteiger partial charge on any atom is -0.388 e. The van der Waals surface area contributed by atoms with Gasteiger partial charge in [0.25, 0.3) is 5.91 Å². The van der Waals surface area contributed by atoms with Gasteiger partial charge in [-0.2, -0.15) is 0 Å². The lowest BCUT2D eigenvalue weighted by Gasteiger charge is -2.07. The molecule has 0 spiro atoms. The number of benzene rings is 1. The molecule has 5 heteroatoms. The van der Waals surface area contributed by atoms with E-state index in [1.807, 2.05) is 18.2 Å². The number of rotatable bonds is 4. The van der Waals surface area contributed by atoms with E-state index in [1.165, 1.54) is 0 Å². The molecule has 1 heterocycles. The maximum atomic E-state index is 12.0. The predicted octanol–water partition coefficient (Wildman–Crippen LogP) is 2.71. The number of hydrogen-bond acceptors (Lipinski definition) is 3. The summed E-state index contributed by atoms with van der Waals surface area (Å²) < 4.78 is 0. The van der Waals surface area contributed by atoms with Crippen LogP contribution in [0.4, 0.5) is 5.69 Å². The maximum Gasteiger partial charge on any atom is 0.270 e. The van der Waals surface area contributed by atoms with Crippen molar-refractivity contribution in [1.82, 2.24) is 10.3 Å². The van der Waals surface area contributed by atoms with Crippen molar-refractivity contribution in [1.29, 1.82) is 0 Å². The molecule has 0 saturated carbocycles. The Kier molecular flexibility index (Phi) is 4.36. The highest BCUT2D eigenvalue weighted by atomic mass is 35.5. The van der Waals surface area contributed by atoms with Crippen LogP contribution in [0.25, 0.3) is 0 Å². The van der Waals surface area contributed by atoms with Gasteiger partial charge in [0.2, 0.25) is 0 Å². The Morgan fingerprint density at radius 2 is 2.11 bits per heavy atom. The van der Waals surface area contributed by atoms with Crippen molar-refractivity contribution >= 4 is 23.2 Å². The van der Waals surface area contributed by atoms with Crippen molar-refractivity contribution in [3.8, 4) is 0 Å². The van der Waals surface area contributed by atoms with Gasteiger partial charge in [-0.15, -0.1) is 0 Å². The van der Waals surface area contributed by atoms with Gasteiger partial charge in [-0.25, -0.2) is 0 Å². The highest BCUT2D eigenvalue weighted by Crippen LogP contribution is 2.14. The topological polar surface area (TPSA) is 54.0 Å². The molecular formula is C14H14ClN3O. The first kappa shape index (κ1) is 13.4. The van der Waals surface area contributed by atoms with E-state index in [-0.39, 0.29) is 5.91 Å². The maximum absolute atomic E-state index is 12.0. The van der Waals surface area contributed by atoms with Crippen LogP contribution in [-0.2, 0) is 6.54 Å². The van der Waals surface area contributed by atoms with E-state index in [0.29, 0.717) is 17.3 Å². The second-order valence-electron chi connectivity index (χ2n) is 3.95. The zero-order chi connectivity index (χ0) is 13.7. The molecule has 1 aromatic carbocycles. The second kappa shape index (κ2) is 6.20. The first-order valence-corrected chi connectivity index (χ1v) is 6.24. The quantitative estimate of drug-likeness (QED) is 0.902. The molecular weight excluding hydrogens is 262 g/mol. The average molecular weight is 276 g/mol. The van der Waals surface area contributed by atoms with Crippen molar-refractivity contribution in [3.63, 3.8) is 0 Å². The van der Waals surface area contributed by atoms with E-state index in [2.05, 4.69) is 15.6 Å². The third kappa shape index (κ3) is 3.45. The summed E-state index contributed by atoms with van der Waals surface area (Å²) in [5.41, 5.74) is 2.10. The number of carbonyl (C=O) groups excluding carboxylic acids is 1. The number of halogens is 1. The van der Waals surface area contributed by atoms with Crippen LogP contribution in [0.5, 0.6) is 0 Å². The van der Waals surface area contributed by atoms with Crippen LogP contribution >= 0.6 is 11.6 Å². The highest BCUT2D eigenvalue weighted by Gasteiger charge is 2.08. The number of anilines is 1. The van der Waals surface area contributed by atoms with Crippen LogP contribution < -0.4 is 10.6 Å². The number of nitrogens with zero attached hydrogens (tertiary/aromatic N) is 1. The summed E-state index contributed by atoms with van der Waals surface area (Å²) in [5.74, 6) is -0.225.